The fraction of sp³-hybridized carbons (Fsp3) is 0.579. The predicted molar refractivity (Wildman–Crippen MR) is 96.6 cm³/mol. The number of ether oxygens (including phenoxy) is 3. The molecule has 0 amide bonds. The summed E-state index contributed by atoms with van der Waals surface area (Å²) in [5.41, 5.74) is 1.01. The van der Waals surface area contributed by atoms with Crippen molar-refractivity contribution in [2.75, 3.05) is 6.61 Å². The maximum absolute atomic E-state index is 6.19. The zero-order chi connectivity index (χ0) is 18.1. The standard InChI is InChI=1S/C19H27BO5/c1-6-7-10-21-16-13-14(17-22-11-12-23-17)8-9-15(16)20-24-18(2,3)19(4,5)25-20/h8-9,11-13,17H,6-7,10H2,1-5H3. The van der Waals surface area contributed by atoms with Crippen LogP contribution in [0.1, 0.15) is 59.3 Å². The van der Waals surface area contributed by atoms with Crippen LogP contribution >= 0.6 is 0 Å². The summed E-state index contributed by atoms with van der Waals surface area (Å²) in [5, 5.41) is 0. The van der Waals surface area contributed by atoms with Crippen LogP contribution in [0.3, 0.4) is 0 Å². The first-order chi connectivity index (χ1) is 11.8. The van der Waals surface area contributed by atoms with Gasteiger partial charge in [0.25, 0.3) is 6.29 Å². The highest BCUT2D eigenvalue weighted by Gasteiger charge is 2.52. The van der Waals surface area contributed by atoms with E-state index in [4.69, 9.17) is 23.5 Å². The lowest BCUT2D eigenvalue weighted by Crippen LogP contribution is -2.41. The van der Waals surface area contributed by atoms with Crippen LogP contribution in [-0.4, -0.2) is 24.9 Å². The summed E-state index contributed by atoms with van der Waals surface area (Å²) in [7, 11) is -0.459. The summed E-state index contributed by atoms with van der Waals surface area (Å²) in [4.78, 5) is 0. The molecule has 5 nitrogen and oxygen atoms in total. The Morgan fingerprint density at radius 1 is 1.04 bits per heavy atom. The van der Waals surface area contributed by atoms with E-state index in [1.165, 1.54) is 0 Å². The van der Waals surface area contributed by atoms with Gasteiger partial charge in [-0.25, -0.2) is 0 Å². The third kappa shape index (κ3) is 3.65. The number of hydrogen-bond acceptors (Lipinski definition) is 5. The van der Waals surface area contributed by atoms with Crippen molar-refractivity contribution < 1.29 is 23.5 Å². The van der Waals surface area contributed by atoms with E-state index < -0.39 is 24.6 Å². The van der Waals surface area contributed by atoms with Gasteiger partial charge in [0.05, 0.1) is 17.8 Å². The van der Waals surface area contributed by atoms with Gasteiger partial charge in [-0.2, -0.15) is 0 Å². The molecule has 2 heterocycles. The Morgan fingerprint density at radius 3 is 2.28 bits per heavy atom. The van der Waals surface area contributed by atoms with Gasteiger partial charge in [-0.15, -0.1) is 0 Å². The smallest absolute Gasteiger partial charge is 0.494 e. The van der Waals surface area contributed by atoms with Gasteiger partial charge < -0.3 is 23.5 Å². The normalized spacial score (nSPS) is 21.2. The van der Waals surface area contributed by atoms with Crippen molar-refractivity contribution in [1.82, 2.24) is 0 Å². The van der Waals surface area contributed by atoms with E-state index in [1.807, 2.05) is 45.9 Å². The lowest BCUT2D eigenvalue weighted by molar-refractivity contribution is -0.0247. The summed E-state index contributed by atoms with van der Waals surface area (Å²) in [6.07, 6.45) is 4.73. The molecule has 6 heteroatoms. The Balaban J connectivity index is 1.86. The molecule has 25 heavy (non-hydrogen) atoms. The fourth-order valence-corrected chi connectivity index (χ4v) is 2.71. The van der Waals surface area contributed by atoms with Crippen LogP contribution in [0.25, 0.3) is 0 Å². The van der Waals surface area contributed by atoms with E-state index in [9.17, 15) is 0 Å². The molecule has 3 rings (SSSR count). The minimum Gasteiger partial charge on any atom is -0.494 e. The molecule has 0 unspecified atom stereocenters. The van der Waals surface area contributed by atoms with Gasteiger partial charge in [0.15, 0.2) is 0 Å². The molecule has 2 aliphatic heterocycles. The van der Waals surface area contributed by atoms with Gasteiger partial charge in [0.2, 0.25) is 0 Å². The zero-order valence-electron chi connectivity index (χ0n) is 15.7. The molecule has 1 fully saturated rings. The largest absolute Gasteiger partial charge is 0.498 e. The molecule has 1 aromatic rings. The molecule has 0 spiro atoms. The Kier molecular flexibility index (Phi) is 5.03. The molecule has 0 atom stereocenters. The summed E-state index contributed by atoms with van der Waals surface area (Å²) >= 11 is 0. The van der Waals surface area contributed by atoms with Crippen molar-refractivity contribution in [1.29, 1.82) is 0 Å². The summed E-state index contributed by atoms with van der Waals surface area (Å²) in [6.45, 7) is 11.0. The van der Waals surface area contributed by atoms with Crippen molar-refractivity contribution >= 4 is 12.6 Å². The monoisotopic (exact) mass is 346 g/mol. The van der Waals surface area contributed by atoms with Crippen molar-refractivity contribution in [3.63, 3.8) is 0 Å². The van der Waals surface area contributed by atoms with Crippen LogP contribution in [0.2, 0.25) is 0 Å². The summed E-state index contributed by atoms with van der Waals surface area (Å²) in [6, 6.07) is 5.89. The second kappa shape index (κ2) is 6.92. The molecular weight excluding hydrogens is 319 g/mol. The molecule has 0 aromatic heterocycles. The number of rotatable bonds is 6. The molecule has 0 radical (unpaired) electrons. The van der Waals surface area contributed by atoms with Crippen molar-refractivity contribution in [3.05, 3.63) is 36.3 Å². The Bertz CT molecular complexity index is 617. The second-order valence-corrected chi connectivity index (χ2v) is 7.46. The fourth-order valence-electron chi connectivity index (χ4n) is 2.71. The van der Waals surface area contributed by atoms with Gasteiger partial charge in [-0.1, -0.05) is 25.5 Å². The first kappa shape index (κ1) is 18.1. The van der Waals surface area contributed by atoms with Crippen molar-refractivity contribution in [2.24, 2.45) is 0 Å². The number of hydrogen-bond donors (Lipinski definition) is 0. The van der Waals surface area contributed by atoms with Gasteiger partial charge in [-0.3, -0.25) is 0 Å². The highest BCUT2D eigenvalue weighted by atomic mass is 16.7. The number of unbranched alkanes of at least 4 members (excludes halogenated alkanes) is 1. The first-order valence-electron chi connectivity index (χ1n) is 8.92. The average Bonchev–Trinajstić information content (AvgIpc) is 3.14. The molecule has 0 N–H and O–H groups in total. The van der Waals surface area contributed by atoms with Crippen LogP contribution in [0.15, 0.2) is 30.7 Å². The van der Waals surface area contributed by atoms with E-state index in [2.05, 4.69) is 6.92 Å². The second-order valence-electron chi connectivity index (χ2n) is 7.46. The summed E-state index contributed by atoms with van der Waals surface area (Å²) < 4.78 is 29.3. The Hall–Kier alpha value is -1.66. The first-order valence-corrected chi connectivity index (χ1v) is 8.92. The molecule has 2 aliphatic rings. The highest BCUT2D eigenvalue weighted by molar-refractivity contribution is 6.63. The van der Waals surface area contributed by atoms with Crippen LogP contribution in [-0.2, 0) is 18.8 Å². The van der Waals surface area contributed by atoms with Crippen LogP contribution in [0.5, 0.6) is 5.75 Å². The van der Waals surface area contributed by atoms with E-state index in [1.54, 1.807) is 12.5 Å². The highest BCUT2D eigenvalue weighted by Crippen LogP contribution is 2.37. The number of benzene rings is 1. The third-order valence-corrected chi connectivity index (χ3v) is 5.03. The van der Waals surface area contributed by atoms with Crippen molar-refractivity contribution in [2.45, 2.75) is 65.0 Å². The van der Waals surface area contributed by atoms with Gasteiger partial charge >= 0.3 is 7.12 Å². The molecule has 0 bridgehead atoms. The molecule has 136 valence electrons. The van der Waals surface area contributed by atoms with E-state index in [0.29, 0.717) is 6.61 Å². The molecule has 1 aromatic carbocycles. The zero-order valence-corrected chi connectivity index (χ0v) is 15.7. The SMILES string of the molecule is CCCCOc1cc(C2OC=CO2)ccc1B1OC(C)(C)C(C)(C)O1. The van der Waals surface area contributed by atoms with Crippen LogP contribution in [0.4, 0.5) is 0 Å². The molecular formula is C19H27BO5. The lowest BCUT2D eigenvalue weighted by atomic mass is 9.78. The topological polar surface area (TPSA) is 46.2 Å². The molecule has 0 aliphatic carbocycles. The van der Waals surface area contributed by atoms with Gasteiger partial charge in [-0.05, 0) is 40.2 Å². The van der Waals surface area contributed by atoms with Crippen LogP contribution in [0, 0.1) is 0 Å². The lowest BCUT2D eigenvalue weighted by Gasteiger charge is -2.32. The molecule has 1 saturated heterocycles. The van der Waals surface area contributed by atoms with E-state index in [0.717, 1.165) is 29.6 Å². The van der Waals surface area contributed by atoms with E-state index >= 15 is 0 Å². The van der Waals surface area contributed by atoms with Crippen molar-refractivity contribution in [3.8, 4) is 5.75 Å². The van der Waals surface area contributed by atoms with Crippen LogP contribution < -0.4 is 10.2 Å². The maximum atomic E-state index is 6.19. The predicted octanol–water partition coefficient (Wildman–Crippen LogP) is 3.68. The maximum Gasteiger partial charge on any atom is 0.498 e. The summed E-state index contributed by atoms with van der Waals surface area (Å²) in [5.74, 6) is 0.753. The van der Waals surface area contributed by atoms with Gasteiger partial charge in [0.1, 0.15) is 18.3 Å². The Labute approximate surface area is 150 Å². The quantitative estimate of drug-likeness (QED) is 0.581. The average molecular weight is 346 g/mol. The minimum atomic E-state index is -0.459. The third-order valence-electron chi connectivity index (χ3n) is 5.03. The van der Waals surface area contributed by atoms with E-state index in [-0.39, 0.29) is 0 Å². The minimum absolute atomic E-state index is 0.390. The van der Waals surface area contributed by atoms with Gasteiger partial charge in [0, 0.05) is 11.0 Å². The molecule has 0 saturated carbocycles. The Morgan fingerprint density at radius 2 is 1.68 bits per heavy atom.